The van der Waals surface area contributed by atoms with Gasteiger partial charge in [-0.05, 0) is 54.3 Å². The predicted molar refractivity (Wildman–Crippen MR) is 128 cm³/mol. The van der Waals surface area contributed by atoms with E-state index in [4.69, 9.17) is 4.74 Å². The van der Waals surface area contributed by atoms with Gasteiger partial charge < -0.3 is 20.7 Å². The van der Waals surface area contributed by atoms with Gasteiger partial charge in [0.25, 0.3) is 5.91 Å². The van der Waals surface area contributed by atoms with Crippen molar-refractivity contribution in [3.05, 3.63) is 42.0 Å². The van der Waals surface area contributed by atoms with Gasteiger partial charge in [-0.15, -0.1) is 0 Å². The Morgan fingerprint density at radius 1 is 1.33 bits per heavy atom. The van der Waals surface area contributed by atoms with E-state index in [1.807, 2.05) is 42.7 Å². The topological polar surface area (TPSA) is 79.5 Å². The van der Waals surface area contributed by atoms with Crippen molar-refractivity contribution in [3.8, 4) is 0 Å². The number of esters is 1. The molecule has 0 saturated carbocycles. The van der Waals surface area contributed by atoms with Crippen LogP contribution < -0.4 is 16.0 Å². The van der Waals surface area contributed by atoms with E-state index in [0.29, 0.717) is 17.2 Å². The Hall–Kier alpha value is -1.90. The first kappa shape index (κ1) is 22.8. The van der Waals surface area contributed by atoms with E-state index in [1.165, 1.54) is 7.11 Å². The maximum Gasteiger partial charge on any atom is 0.328 e. The minimum atomic E-state index is -0.669. The summed E-state index contributed by atoms with van der Waals surface area (Å²) in [5.41, 5.74) is 1.40. The van der Waals surface area contributed by atoms with Crippen LogP contribution in [0.3, 0.4) is 0 Å². The molecule has 1 amide bonds. The number of rotatable bonds is 9. The number of nitrogens with one attached hydrogen (secondary N) is 3. The summed E-state index contributed by atoms with van der Waals surface area (Å²) in [6.07, 6.45) is 3.53. The first-order valence-electron chi connectivity index (χ1n) is 10.1. The Morgan fingerprint density at radius 3 is 2.83 bits per heavy atom. The fraction of sp³-hybridized carbons (Fsp3) is 0.455. The van der Waals surface area contributed by atoms with Crippen LogP contribution in [0.4, 0.5) is 5.69 Å². The lowest BCUT2D eigenvalue weighted by Gasteiger charge is -2.19. The summed E-state index contributed by atoms with van der Waals surface area (Å²) < 4.78 is 4.87. The van der Waals surface area contributed by atoms with Crippen LogP contribution in [0, 0.1) is 0 Å². The number of hydrogen-bond acceptors (Lipinski definition) is 7. The van der Waals surface area contributed by atoms with Gasteiger partial charge in [-0.25, -0.2) is 4.79 Å². The summed E-state index contributed by atoms with van der Waals surface area (Å²) in [5, 5.41) is 11.9. The molecule has 30 heavy (non-hydrogen) atoms. The van der Waals surface area contributed by atoms with E-state index in [9.17, 15) is 9.59 Å². The molecule has 3 N–H and O–H groups in total. The van der Waals surface area contributed by atoms with Gasteiger partial charge >= 0.3 is 5.97 Å². The van der Waals surface area contributed by atoms with Crippen LogP contribution >= 0.6 is 24.4 Å². The van der Waals surface area contributed by atoms with Crippen molar-refractivity contribution in [2.45, 2.75) is 30.2 Å². The number of anilines is 1. The lowest BCUT2D eigenvalue weighted by atomic mass is 10.0. The van der Waals surface area contributed by atoms with Crippen molar-refractivity contribution in [3.63, 3.8) is 0 Å². The van der Waals surface area contributed by atoms with E-state index < -0.39 is 12.0 Å². The van der Waals surface area contributed by atoms with Crippen molar-refractivity contribution in [2.24, 2.45) is 0 Å². The van der Waals surface area contributed by atoms with Gasteiger partial charge in [-0.2, -0.15) is 24.4 Å². The molecule has 2 aromatic carbocycles. The number of carbonyl (C=O) groups is 2. The molecule has 0 spiro atoms. The summed E-state index contributed by atoms with van der Waals surface area (Å²) in [6.45, 7) is 1.70. The van der Waals surface area contributed by atoms with Crippen LogP contribution in [0.1, 0.15) is 23.2 Å². The summed E-state index contributed by atoms with van der Waals surface area (Å²) >= 11 is 6.25. The molecule has 1 saturated heterocycles. The van der Waals surface area contributed by atoms with Gasteiger partial charge in [0.15, 0.2) is 0 Å². The maximum atomic E-state index is 13.1. The van der Waals surface area contributed by atoms with Crippen molar-refractivity contribution >= 4 is 52.7 Å². The molecule has 0 unspecified atom stereocenters. The van der Waals surface area contributed by atoms with Crippen molar-refractivity contribution in [1.82, 2.24) is 10.6 Å². The molecule has 162 valence electrons. The van der Waals surface area contributed by atoms with Gasteiger partial charge in [-0.3, -0.25) is 4.79 Å². The van der Waals surface area contributed by atoms with Crippen LogP contribution in [0.2, 0.25) is 0 Å². The zero-order valence-electron chi connectivity index (χ0n) is 17.3. The lowest BCUT2D eigenvalue weighted by Crippen LogP contribution is -2.42. The first-order valence-corrected chi connectivity index (χ1v) is 12.0. The molecule has 3 atom stereocenters. The van der Waals surface area contributed by atoms with E-state index in [-0.39, 0.29) is 11.9 Å². The standard InChI is InChI=1S/C22H29N3O3S2/c1-28-22(27)18(8-10-30-2)25-21(26)17-12-15(11-14-5-3-4-6-16(14)17)24-13-19-20(29)7-9-23-19/h3-6,11-12,18-20,23-24,29H,7-10,13H2,1-2H3,(H,25,26)/t18-,19+,20+/m0/s1. The molecule has 1 aliphatic heterocycles. The van der Waals surface area contributed by atoms with Gasteiger partial charge in [-0.1, -0.05) is 24.3 Å². The number of amides is 1. The number of hydrogen-bond donors (Lipinski definition) is 4. The molecule has 8 heteroatoms. The van der Waals surface area contributed by atoms with Gasteiger partial charge in [0.05, 0.1) is 7.11 Å². The van der Waals surface area contributed by atoms with E-state index in [1.54, 1.807) is 11.8 Å². The second-order valence-corrected chi connectivity index (χ2v) is 9.02. The number of carbonyl (C=O) groups excluding carboxylic acids is 2. The van der Waals surface area contributed by atoms with Crippen molar-refractivity contribution in [1.29, 1.82) is 0 Å². The Morgan fingerprint density at radius 2 is 2.13 bits per heavy atom. The first-order chi connectivity index (χ1) is 14.5. The summed E-state index contributed by atoms with van der Waals surface area (Å²) in [7, 11) is 1.34. The fourth-order valence-electron chi connectivity index (χ4n) is 3.65. The molecule has 0 bridgehead atoms. The molecule has 1 aliphatic rings. The van der Waals surface area contributed by atoms with Crippen LogP contribution in [0.15, 0.2) is 36.4 Å². The maximum absolute atomic E-state index is 13.1. The Balaban J connectivity index is 1.83. The normalized spacial score (nSPS) is 19.4. The number of fused-ring (bicyclic) bond motifs is 1. The molecule has 0 aromatic heterocycles. The molecule has 0 aliphatic carbocycles. The van der Waals surface area contributed by atoms with Gasteiger partial charge in [0.1, 0.15) is 6.04 Å². The number of ether oxygens (including phenoxy) is 1. The van der Waals surface area contributed by atoms with Crippen LogP contribution in [-0.2, 0) is 9.53 Å². The predicted octanol–water partition coefficient (Wildman–Crippen LogP) is 2.94. The van der Waals surface area contributed by atoms with Crippen LogP contribution in [0.5, 0.6) is 0 Å². The zero-order valence-corrected chi connectivity index (χ0v) is 19.0. The van der Waals surface area contributed by atoms with Crippen LogP contribution in [-0.4, -0.2) is 61.4 Å². The fourth-order valence-corrected chi connectivity index (χ4v) is 4.46. The number of methoxy groups -OCH3 is 1. The molecule has 6 nitrogen and oxygen atoms in total. The monoisotopic (exact) mass is 447 g/mol. The average molecular weight is 448 g/mol. The average Bonchev–Trinajstić information content (AvgIpc) is 3.18. The molecule has 1 fully saturated rings. The second kappa shape index (κ2) is 10.9. The summed E-state index contributed by atoms with van der Waals surface area (Å²) in [4.78, 5) is 25.3. The third-order valence-electron chi connectivity index (χ3n) is 5.35. The minimum absolute atomic E-state index is 0.280. The SMILES string of the molecule is COC(=O)[C@H](CCSC)NC(=O)c1cc(NC[C@H]2NCC[C@H]2S)cc2ccccc12. The van der Waals surface area contributed by atoms with Crippen LogP contribution in [0.25, 0.3) is 10.8 Å². The number of thiol groups is 1. The highest BCUT2D eigenvalue weighted by molar-refractivity contribution is 7.98. The molecular weight excluding hydrogens is 418 g/mol. The van der Waals surface area contributed by atoms with E-state index in [2.05, 4.69) is 28.6 Å². The third-order valence-corrected chi connectivity index (χ3v) is 6.61. The summed E-state index contributed by atoms with van der Waals surface area (Å²) in [5.74, 6) is 0.0438. The minimum Gasteiger partial charge on any atom is -0.467 e. The van der Waals surface area contributed by atoms with Gasteiger partial charge in [0, 0.05) is 29.1 Å². The highest BCUT2D eigenvalue weighted by Crippen LogP contribution is 2.25. The van der Waals surface area contributed by atoms with Gasteiger partial charge in [0.2, 0.25) is 0 Å². The quantitative estimate of drug-likeness (QED) is 0.350. The highest BCUT2D eigenvalue weighted by Gasteiger charge is 2.24. The largest absolute Gasteiger partial charge is 0.467 e. The smallest absolute Gasteiger partial charge is 0.328 e. The lowest BCUT2D eigenvalue weighted by molar-refractivity contribution is -0.142. The third kappa shape index (κ3) is 5.62. The highest BCUT2D eigenvalue weighted by atomic mass is 32.2. The zero-order chi connectivity index (χ0) is 21.5. The molecular formula is C22H29N3O3S2. The molecule has 2 aromatic rings. The second-order valence-electron chi connectivity index (χ2n) is 7.37. The molecule has 0 radical (unpaired) electrons. The number of benzene rings is 2. The molecule has 1 heterocycles. The Labute approximate surface area is 187 Å². The Bertz CT molecular complexity index is 893. The van der Waals surface area contributed by atoms with E-state index >= 15 is 0 Å². The summed E-state index contributed by atoms with van der Waals surface area (Å²) in [6, 6.07) is 11.3. The van der Waals surface area contributed by atoms with Crippen molar-refractivity contribution < 1.29 is 14.3 Å². The Kier molecular flexibility index (Phi) is 8.30. The molecule has 3 rings (SSSR count). The van der Waals surface area contributed by atoms with Crippen molar-refractivity contribution in [2.75, 3.05) is 37.5 Å². The van der Waals surface area contributed by atoms with E-state index in [0.717, 1.165) is 41.7 Å². The number of thioether (sulfide) groups is 1.